The fourth-order valence-electron chi connectivity index (χ4n) is 3.58. The van der Waals surface area contributed by atoms with Crippen LogP contribution < -0.4 is 9.64 Å². The zero-order chi connectivity index (χ0) is 22.7. The molecule has 1 unspecified atom stereocenters. The number of ether oxygens (including phenoxy) is 1. The first-order valence-corrected chi connectivity index (χ1v) is 10.6. The summed E-state index contributed by atoms with van der Waals surface area (Å²) in [6, 6.07) is 18.2. The quantitative estimate of drug-likeness (QED) is 0.226. The van der Waals surface area contributed by atoms with Crippen molar-refractivity contribution in [3.8, 4) is 5.75 Å². The second-order valence-electron chi connectivity index (χ2n) is 7.04. The summed E-state index contributed by atoms with van der Waals surface area (Å²) in [6.07, 6.45) is 3.18. The van der Waals surface area contributed by atoms with E-state index in [0.29, 0.717) is 29.3 Å². The van der Waals surface area contributed by atoms with E-state index in [1.807, 2.05) is 18.2 Å². The average Bonchev–Trinajstić information content (AvgIpc) is 3.08. The molecule has 7 heteroatoms. The zero-order valence-corrected chi connectivity index (χ0v) is 18.5. The second kappa shape index (κ2) is 9.20. The summed E-state index contributed by atoms with van der Waals surface area (Å²) in [5.74, 6) is -0.862. The van der Waals surface area contributed by atoms with Crippen LogP contribution in [0.1, 0.15) is 17.2 Å². The molecular weight excluding hydrogens is 472 g/mol. The van der Waals surface area contributed by atoms with Crippen LogP contribution in [0, 0.1) is 0 Å². The number of hydrogen-bond donors (Lipinski definition) is 1. The van der Waals surface area contributed by atoms with Crippen molar-refractivity contribution in [2.45, 2.75) is 6.04 Å². The summed E-state index contributed by atoms with van der Waals surface area (Å²) in [5.41, 5.74) is 1.06. The minimum absolute atomic E-state index is 0.00138. The smallest absolute Gasteiger partial charge is 0.301 e. The molecule has 1 atom stereocenters. The summed E-state index contributed by atoms with van der Waals surface area (Å²) < 4.78 is 6.26. The van der Waals surface area contributed by atoms with E-state index < -0.39 is 17.7 Å². The van der Waals surface area contributed by atoms with Crippen LogP contribution in [0.25, 0.3) is 5.76 Å². The van der Waals surface area contributed by atoms with E-state index in [9.17, 15) is 14.7 Å². The van der Waals surface area contributed by atoms with Gasteiger partial charge in [0.1, 0.15) is 23.9 Å². The van der Waals surface area contributed by atoms with Crippen LogP contribution in [0.5, 0.6) is 5.75 Å². The number of amides is 1. The van der Waals surface area contributed by atoms with Gasteiger partial charge < -0.3 is 9.84 Å². The average molecular weight is 491 g/mol. The van der Waals surface area contributed by atoms with Gasteiger partial charge in [-0.3, -0.25) is 14.5 Å². The Morgan fingerprint density at radius 3 is 2.56 bits per heavy atom. The fraction of sp³-hybridized carbons (Fsp3) is 0.0800. The van der Waals surface area contributed by atoms with Crippen molar-refractivity contribution in [2.24, 2.45) is 0 Å². The Labute approximate surface area is 193 Å². The number of aliphatic hydroxyl groups is 1. The lowest BCUT2D eigenvalue weighted by Gasteiger charge is -2.24. The van der Waals surface area contributed by atoms with Gasteiger partial charge in [-0.1, -0.05) is 46.8 Å². The number of aliphatic hydroxyl groups excluding tert-OH is 1. The molecule has 0 saturated carbocycles. The van der Waals surface area contributed by atoms with E-state index in [0.717, 1.165) is 4.47 Å². The van der Waals surface area contributed by atoms with Crippen molar-refractivity contribution in [1.29, 1.82) is 0 Å². The molecule has 0 spiro atoms. The van der Waals surface area contributed by atoms with Crippen molar-refractivity contribution in [2.75, 3.05) is 11.5 Å². The van der Waals surface area contributed by atoms with Gasteiger partial charge in [0.2, 0.25) is 0 Å². The molecule has 1 fully saturated rings. The van der Waals surface area contributed by atoms with Gasteiger partial charge in [0.05, 0.1) is 11.6 Å². The number of hydrogen-bond acceptors (Lipinski definition) is 5. The summed E-state index contributed by atoms with van der Waals surface area (Å²) in [5, 5.41) is 11.1. The Hall–Kier alpha value is -3.71. The van der Waals surface area contributed by atoms with Crippen molar-refractivity contribution in [1.82, 2.24) is 4.98 Å². The van der Waals surface area contributed by atoms with Gasteiger partial charge in [-0.2, -0.15) is 0 Å². The van der Waals surface area contributed by atoms with E-state index in [1.54, 1.807) is 60.8 Å². The minimum Gasteiger partial charge on any atom is -0.507 e. The normalized spacial score (nSPS) is 17.4. The maximum absolute atomic E-state index is 13.1. The number of benzene rings is 2. The lowest BCUT2D eigenvalue weighted by atomic mass is 9.95. The van der Waals surface area contributed by atoms with Gasteiger partial charge in [-0.05, 0) is 54.1 Å². The Balaban J connectivity index is 1.85. The van der Waals surface area contributed by atoms with Gasteiger partial charge in [0.25, 0.3) is 5.78 Å². The first-order valence-electron chi connectivity index (χ1n) is 9.83. The van der Waals surface area contributed by atoms with Crippen molar-refractivity contribution in [3.63, 3.8) is 0 Å². The molecule has 1 aromatic heterocycles. The number of pyridine rings is 1. The highest BCUT2D eigenvalue weighted by Gasteiger charge is 2.47. The maximum atomic E-state index is 13.1. The molecule has 0 radical (unpaired) electrons. The van der Waals surface area contributed by atoms with Gasteiger partial charge in [-0.15, -0.1) is 0 Å². The summed E-state index contributed by atoms with van der Waals surface area (Å²) in [4.78, 5) is 31.7. The number of anilines is 1. The Morgan fingerprint density at radius 1 is 1.12 bits per heavy atom. The molecular formula is C25H19BrN2O4. The molecule has 3 aromatic rings. The van der Waals surface area contributed by atoms with Gasteiger partial charge in [-0.25, -0.2) is 4.98 Å². The van der Waals surface area contributed by atoms with Crippen molar-refractivity contribution >= 4 is 39.2 Å². The molecule has 2 aromatic carbocycles. The maximum Gasteiger partial charge on any atom is 0.301 e. The number of carbonyl (C=O) groups excluding carboxylic acids is 2. The molecule has 1 saturated heterocycles. The Bertz CT molecular complexity index is 1210. The number of Topliss-reactive ketones (excluding diaryl/α,β-unsaturated/α-hetero) is 1. The summed E-state index contributed by atoms with van der Waals surface area (Å²) in [6.45, 7) is 3.96. The number of aromatic nitrogens is 1. The van der Waals surface area contributed by atoms with Crippen LogP contribution in [0.2, 0.25) is 0 Å². The van der Waals surface area contributed by atoms with Gasteiger partial charge in [0, 0.05) is 16.2 Å². The molecule has 1 amide bonds. The van der Waals surface area contributed by atoms with E-state index >= 15 is 0 Å². The van der Waals surface area contributed by atoms with E-state index in [-0.39, 0.29) is 11.3 Å². The predicted molar refractivity (Wildman–Crippen MR) is 125 cm³/mol. The monoisotopic (exact) mass is 490 g/mol. The van der Waals surface area contributed by atoms with Crippen LogP contribution in [0.3, 0.4) is 0 Å². The molecule has 4 rings (SSSR count). The van der Waals surface area contributed by atoms with Gasteiger partial charge in [0.15, 0.2) is 0 Å². The Kier molecular flexibility index (Phi) is 6.18. The number of nitrogens with zero attached hydrogens (tertiary/aromatic N) is 2. The number of ketones is 1. The van der Waals surface area contributed by atoms with E-state index in [4.69, 9.17) is 4.74 Å². The molecule has 6 nitrogen and oxygen atoms in total. The van der Waals surface area contributed by atoms with E-state index in [1.165, 1.54) is 4.90 Å². The third-order valence-electron chi connectivity index (χ3n) is 5.00. The molecule has 0 aliphatic carbocycles. The topological polar surface area (TPSA) is 79.7 Å². The SMILES string of the molecule is C=CCOc1ccc(/C(O)=C2/C(=O)C(=O)N(c3ccccn3)C2c2cccc(Br)c2)cc1. The highest BCUT2D eigenvalue weighted by Crippen LogP contribution is 2.42. The Morgan fingerprint density at radius 2 is 1.91 bits per heavy atom. The first-order chi connectivity index (χ1) is 15.5. The fourth-order valence-corrected chi connectivity index (χ4v) is 3.99. The van der Waals surface area contributed by atoms with Crippen LogP contribution >= 0.6 is 15.9 Å². The molecule has 160 valence electrons. The van der Waals surface area contributed by atoms with Crippen LogP contribution in [-0.2, 0) is 9.59 Å². The second-order valence-corrected chi connectivity index (χ2v) is 7.95. The van der Waals surface area contributed by atoms with Crippen LogP contribution in [0.4, 0.5) is 5.82 Å². The standard InChI is InChI=1S/C25H19BrN2O4/c1-2-14-32-19-11-9-16(10-12-19)23(29)21-22(17-6-5-7-18(26)15-17)28(25(31)24(21)30)20-8-3-4-13-27-20/h2-13,15,22,29H,1,14H2/b23-21-. The van der Waals surface area contributed by atoms with Crippen molar-refractivity contribution < 1.29 is 19.4 Å². The third-order valence-corrected chi connectivity index (χ3v) is 5.49. The molecule has 0 bridgehead atoms. The first kappa shape index (κ1) is 21.5. The summed E-state index contributed by atoms with van der Waals surface area (Å²) >= 11 is 3.44. The van der Waals surface area contributed by atoms with Crippen LogP contribution in [-0.4, -0.2) is 28.4 Å². The largest absolute Gasteiger partial charge is 0.507 e. The molecule has 32 heavy (non-hydrogen) atoms. The minimum atomic E-state index is -0.834. The predicted octanol–water partition coefficient (Wildman–Crippen LogP) is 5.04. The van der Waals surface area contributed by atoms with E-state index in [2.05, 4.69) is 27.5 Å². The number of rotatable bonds is 6. The number of carbonyl (C=O) groups is 2. The lowest BCUT2D eigenvalue weighted by molar-refractivity contribution is -0.132. The number of halogens is 1. The van der Waals surface area contributed by atoms with Gasteiger partial charge >= 0.3 is 5.91 Å². The summed E-state index contributed by atoms with van der Waals surface area (Å²) in [7, 11) is 0. The lowest BCUT2D eigenvalue weighted by Crippen LogP contribution is -2.30. The highest BCUT2D eigenvalue weighted by atomic mass is 79.9. The molecule has 2 heterocycles. The zero-order valence-electron chi connectivity index (χ0n) is 16.9. The van der Waals surface area contributed by atoms with Crippen LogP contribution in [0.15, 0.2) is 95.6 Å². The molecule has 1 aliphatic heterocycles. The molecule has 1 aliphatic rings. The molecule has 1 N–H and O–H groups in total. The van der Waals surface area contributed by atoms with Crippen molar-refractivity contribution in [3.05, 3.63) is 107 Å². The highest BCUT2D eigenvalue weighted by molar-refractivity contribution is 9.10. The third kappa shape index (κ3) is 4.07.